The van der Waals surface area contributed by atoms with Gasteiger partial charge in [-0.3, -0.25) is 4.79 Å². The van der Waals surface area contributed by atoms with Gasteiger partial charge in [-0.25, -0.2) is 0 Å². The molecule has 1 aromatic rings. The highest BCUT2D eigenvalue weighted by Crippen LogP contribution is 2.53. The predicted octanol–water partition coefficient (Wildman–Crippen LogP) is 4.03. The Balaban J connectivity index is 1.33. The molecule has 5 rings (SSSR count). The van der Waals surface area contributed by atoms with E-state index in [1.165, 1.54) is 44.2 Å². The quantitative estimate of drug-likeness (QED) is 0.888. The summed E-state index contributed by atoms with van der Waals surface area (Å²) in [6.45, 7) is -0.246. The minimum atomic E-state index is -4.41. The minimum Gasteiger partial charge on any atom is -0.484 e. The first kappa shape index (κ1) is 16.7. The van der Waals surface area contributed by atoms with Crippen LogP contribution in [-0.4, -0.2) is 18.6 Å². The van der Waals surface area contributed by atoms with Crippen LogP contribution in [-0.2, 0) is 11.0 Å². The van der Waals surface area contributed by atoms with Gasteiger partial charge in [0.25, 0.3) is 5.91 Å². The van der Waals surface area contributed by atoms with Gasteiger partial charge in [0.1, 0.15) is 5.75 Å². The van der Waals surface area contributed by atoms with Gasteiger partial charge in [-0.05, 0) is 74.0 Å². The molecule has 1 N–H and O–H groups in total. The van der Waals surface area contributed by atoms with Gasteiger partial charge in [-0.2, -0.15) is 13.2 Å². The molecule has 4 fully saturated rings. The molecule has 0 aliphatic heterocycles. The molecule has 136 valence electrons. The molecule has 1 aromatic carbocycles. The topological polar surface area (TPSA) is 38.3 Å². The van der Waals surface area contributed by atoms with Crippen LogP contribution in [0.3, 0.4) is 0 Å². The zero-order valence-electron chi connectivity index (χ0n) is 13.9. The number of rotatable bonds is 4. The third-order valence-corrected chi connectivity index (χ3v) is 6.09. The third-order valence-electron chi connectivity index (χ3n) is 6.09. The molecule has 3 nitrogen and oxygen atoms in total. The summed E-state index contributed by atoms with van der Waals surface area (Å²) in [4.78, 5) is 12.2. The maximum Gasteiger partial charge on any atom is 0.416 e. The van der Waals surface area contributed by atoms with Crippen molar-refractivity contribution in [2.45, 2.75) is 44.3 Å². The third kappa shape index (κ3) is 3.48. The van der Waals surface area contributed by atoms with E-state index in [1.807, 2.05) is 0 Å². The second kappa shape index (κ2) is 6.22. The molecule has 0 aromatic heterocycles. The lowest BCUT2D eigenvalue weighted by Gasteiger charge is -2.54. The summed E-state index contributed by atoms with van der Waals surface area (Å²) in [6.07, 6.45) is 1.74. The lowest BCUT2D eigenvalue weighted by atomic mass is 9.54. The average Bonchev–Trinajstić information content (AvgIpc) is 2.55. The van der Waals surface area contributed by atoms with Crippen LogP contribution >= 0.6 is 0 Å². The number of amides is 1. The zero-order chi connectivity index (χ0) is 17.6. The van der Waals surface area contributed by atoms with E-state index in [2.05, 4.69) is 5.32 Å². The van der Waals surface area contributed by atoms with Crippen LogP contribution < -0.4 is 10.1 Å². The van der Waals surface area contributed by atoms with E-state index >= 15 is 0 Å². The largest absolute Gasteiger partial charge is 0.484 e. The highest BCUT2D eigenvalue weighted by Gasteiger charge is 2.48. The number of nitrogens with one attached hydrogen (secondary N) is 1. The molecular formula is C19H22F3NO2. The summed E-state index contributed by atoms with van der Waals surface area (Å²) in [5, 5.41) is 3.09. The maximum absolute atomic E-state index is 12.7. The summed E-state index contributed by atoms with van der Waals surface area (Å²) in [5.41, 5.74) is -0.772. The first-order valence-electron chi connectivity index (χ1n) is 8.98. The van der Waals surface area contributed by atoms with Crippen LogP contribution in [0.4, 0.5) is 13.2 Å². The van der Waals surface area contributed by atoms with Crippen LogP contribution in [0.5, 0.6) is 5.75 Å². The molecule has 25 heavy (non-hydrogen) atoms. The van der Waals surface area contributed by atoms with Gasteiger partial charge in [0.15, 0.2) is 6.61 Å². The van der Waals surface area contributed by atoms with Crippen molar-refractivity contribution in [1.29, 1.82) is 0 Å². The molecule has 0 unspecified atom stereocenters. The molecule has 4 saturated carbocycles. The van der Waals surface area contributed by atoms with Crippen LogP contribution in [0.1, 0.15) is 37.7 Å². The van der Waals surface area contributed by atoms with E-state index in [1.54, 1.807) is 0 Å². The van der Waals surface area contributed by atoms with Gasteiger partial charge >= 0.3 is 6.18 Å². The second-order valence-electron chi connectivity index (χ2n) is 7.84. The average molecular weight is 353 g/mol. The monoisotopic (exact) mass is 353 g/mol. The van der Waals surface area contributed by atoms with Crippen LogP contribution in [0.2, 0.25) is 0 Å². The van der Waals surface area contributed by atoms with E-state index in [0.717, 1.165) is 24.0 Å². The van der Waals surface area contributed by atoms with Crippen molar-refractivity contribution >= 4 is 5.91 Å². The fourth-order valence-electron chi connectivity index (χ4n) is 5.30. The summed E-state index contributed by atoms with van der Waals surface area (Å²) in [6, 6.07) is 4.85. The van der Waals surface area contributed by atoms with E-state index in [0.29, 0.717) is 11.8 Å². The van der Waals surface area contributed by atoms with Crippen molar-refractivity contribution in [2.75, 3.05) is 6.61 Å². The summed E-state index contributed by atoms with van der Waals surface area (Å²) in [5.74, 6) is 2.61. The molecule has 0 spiro atoms. The number of ether oxygens (including phenoxy) is 1. The van der Waals surface area contributed by atoms with Gasteiger partial charge in [-0.15, -0.1) is 0 Å². The standard InChI is InChI=1S/C19H22F3NO2/c20-19(21,22)15-2-1-3-16(9-15)25-10-17(24)23-18-13-5-11-4-12(7-13)8-14(18)6-11/h1-3,9,11-14,18H,4-8,10H2,(H,23,24). The summed E-state index contributed by atoms with van der Waals surface area (Å²) >= 11 is 0. The van der Waals surface area contributed by atoms with Crippen LogP contribution in [0.25, 0.3) is 0 Å². The first-order chi connectivity index (χ1) is 11.9. The molecule has 4 aliphatic carbocycles. The van der Waals surface area contributed by atoms with E-state index < -0.39 is 11.7 Å². The van der Waals surface area contributed by atoms with E-state index in [9.17, 15) is 18.0 Å². The van der Waals surface area contributed by atoms with E-state index in [4.69, 9.17) is 4.74 Å². The number of benzene rings is 1. The van der Waals surface area contributed by atoms with Crippen molar-refractivity contribution in [1.82, 2.24) is 5.32 Å². The highest BCUT2D eigenvalue weighted by atomic mass is 19.4. The second-order valence-corrected chi connectivity index (χ2v) is 7.84. The Morgan fingerprint density at radius 2 is 1.72 bits per heavy atom. The fourth-order valence-corrected chi connectivity index (χ4v) is 5.30. The van der Waals surface area contributed by atoms with Crippen molar-refractivity contribution in [3.8, 4) is 5.75 Å². The number of alkyl halides is 3. The van der Waals surface area contributed by atoms with Gasteiger partial charge in [0.2, 0.25) is 0 Å². The Bertz CT molecular complexity index is 630. The smallest absolute Gasteiger partial charge is 0.416 e. The fraction of sp³-hybridized carbons (Fsp3) is 0.632. The molecule has 0 radical (unpaired) electrons. The van der Waals surface area contributed by atoms with E-state index in [-0.39, 0.29) is 24.3 Å². The Kier molecular flexibility index (Phi) is 4.16. The normalized spacial score (nSPS) is 33.3. The Morgan fingerprint density at radius 3 is 2.32 bits per heavy atom. The lowest BCUT2D eigenvalue weighted by molar-refractivity contribution is -0.137. The molecule has 0 saturated heterocycles. The Labute approximate surface area is 144 Å². The number of hydrogen-bond acceptors (Lipinski definition) is 2. The Hall–Kier alpha value is -1.72. The maximum atomic E-state index is 12.7. The van der Waals surface area contributed by atoms with Gasteiger partial charge in [0, 0.05) is 6.04 Å². The molecule has 6 heteroatoms. The molecule has 0 atom stereocenters. The SMILES string of the molecule is O=C(COc1cccc(C(F)(F)F)c1)NC1C2CC3CC(C2)CC1C3. The molecule has 1 amide bonds. The molecule has 4 aliphatic rings. The highest BCUT2D eigenvalue weighted by molar-refractivity contribution is 5.78. The minimum absolute atomic E-state index is 0.0649. The van der Waals surface area contributed by atoms with Gasteiger partial charge in [0.05, 0.1) is 5.56 Å². The van der Waals surface area contributed by atoms with Crippen LogP contribution in [0.15, 0.2) is 24.3 Å². The van der Waals surface area contributed by atoms with Crippen molar-refractivity contribution in [3.05, 3.63) is 29.8 Å². The summed E-state index contributed by atoms with van der Waals surface area (Å²) < 4.78 is 43.4. The predicted molar refractivity (Wildman–Crippen MR) is 85.9 cm³/mol. The number of hydrogen-bond donors (Lipinski definition) is 1. The zero-order valence-corrected chi connectivity index (χ0v) is 13.9. The van der Waals surface area contributed by atoms with Crippen LogP contribution in [0, 0.1) is 23.7 Å². The molecular weight excluding hydrogens is 331 g/mol. The van der Waals surface area contributed by atoms with Crippen molar-refractivity contribution in [3.63, 3.8) is 0 Å². The lowest BCUT2D eigenvalue weighted by Crippen LogP contribution is -2.56. The Morgan fingerprint density at radius 1 is 1.08 bits per heavy atom. The van der Waals surface area contributed by atoms with Crippen molar-refractivity contribution < 1.29 is 22.7 Å². The van der Waals surface area contributed by atoms with Crippen molar-refractivity contribution in [2.24, 2.45) is 23.7 Å². The summed E-state index contributed by atoms with van der Waals surface area (Å²) in [7, 11) is 0. The number of carbonyl (C=O) groups excluding carboxylic acids is 1. The first-order valence-corrected chi connectivity index (χ1v) is 8.98. The number of halogens is 3. The number of carbonyl (C=O) groups is 1. The molecule has 4 bridgehead atoms. The van der Waals surface area contributed by atoms with Gasteiger partial charge < -0.3 is 10.1 Å². The molecule has 0 heterocycles. The van der Waals surface area contributed by atoms with Gasteiger partial charge in [-0.1, -0.05) is 6.07 Å².